The average Bonchev–Trinajstić information content (AvgIpc) is 3.19. The van der Waals surface area contributed by atoms with Crippen LogP contribution in [0.25, 0.3) is 0 Å². The van der Waals surface area contributed by atoms with Gasteiger partial charge in [0, 0.05) is 18.5 Å². The van der Waals surface area contributed by atoms with Gasteiger partial charge in [-0.1, -0.05) is 0 Å². The summed E-state index contributed by atoms with van der Waals surface area (Å²) in [5.74, 6) is 3.29. The maximum Gasteiger partial charge on any atom is 0.269 e. The first-order valence-corrected chi connectivity index (χ1v) is 8.97. The number of amides is 1. The predicted molar refractivity (Wildman–Crippen MR) is 83.6 cm³/mol. The third-order valence-corrected chi connectivity index (χ3v) is 6.54. The van der Waals surface area contributed by atoms with Crippen LogP contribution in [-0.2, 0) is 7.05 Å². The van der Waals surface area contributed by atoms with Gasteiger partial charge in [0.25, 0.3) is 5.91 Å². The van der Waals surface area contributed by atoms with Crippen molar-refractivity contribution in [2.24, 2.45) is 24.8 Å². The Labute approximate surface area is 131 Å². The van der Waals surface area contributed by atoms with Crippen molar-refractivity contribution in [3.63, 3.8) is 0 Å². The minimum Gasteiger partial charge on any atom is -0.345 e. The van der Waals surface area contributed by atoms with Gasteiger partial charge >= 0.3 is 0 Å². The van der Waals surface area contributed by atoms with Crippen LogP contribution in [0.3, 0.4) is 0 Å². The lowest BCUT2D eigenvalue weighted by atomic mass is 9.53. The largest absolute Gasteiger partial charge is 0.345 e. The Balaban J connectivity index is 1.38. The Morgan fingerprint density at radius 2 is 1.77 bits per heavy atom. The van der Waals surface area contributed by atoms with Crippen molar-refractivity contribution >= 4 is 5.91 Å². The second kappa shape index (κ2) is 4.36. The number of carbonyl (C=O) groups is 1. The van der Waals surface area contributed by atoms with Crippen LogP contribution in [-0.4, -0.2) is 21.2 Å². The van der Waals surface area contributed by atoms with E-state index in [9.17, 15) is 4.79 Å². The van der Waals surface area contributed by atoms with E-state index in [1.165, 1.54) is 51.4 Å². The van der Waals surface area contributed by atoms with Crippen LogP contribution in [0, 0.1) is 17.8 Å². The molecule has 0 spiro atoms. The maximum atomic E-state index is 12.8. The molecule has 0 saturated heterocycles. The van der Waals surface area contributed by atoms with Crippen LogP contribution < -0.4 is 5.32 Å². The first-order chi connectivity index (χ1) is 10.6. The highest BCUT2D eigenvalue weighted by molar-refractivity contribution is 5.93. The van der Waals surface area contributed by atoms with Crippen LogP contribution in [0.4, 0.5) is 0 Å². The molecule has 4 nitrogen and oxygen atoms in total. The molecular formula is C18H25N3O. The van der Waals surface area contributed by atoms with E-state index in [1.807, 2.05) is 13.1 Å². The van der Waals surface area contributed by atoms with Crippen molar-refractivity contribution in [2.45, 2.75) is 62.8 Å². The molecule has 0 unspecified atom stereocenters. The van der Waals surface area contributed by atoms with Gasteiger partial charge in [0.2, 0.25) is 0 Å². The Hall–Kier alpha value is -1.32. The molecule has 118 valence electrons. The van der Waals surface area contributed by atoms with E-state index >= 15 is 0 Å². The first-order valence-electron chi connectivity index (χ1n) is 8.97. The van der Waals surface area contributed by atoms with Crippen molar-refractivity contribution in [3.05, 3.63) is 17.5 Å². The summed E-state index contributed by atoms with van der Waals surface area (Å²) in [4.78, 5) is 12.8. The van der Waals surface area contributed by atoms with Gasteiger partial charge in [0.15, 0.2) is 0 Å². The molecule has 22 heavy (non-hydrogen) atoms. The second-order valence-electron chi connectivity index (χ2n) is 8.50. The van der Waals surface area contributed by atoms with Crippen molar-refractivity contribution < 1.29 is 4.79 Å². The minimum absolute atomic E-state index is 0.0931. The molecule has 5 fully saturated rings. The normalized spacial score (nSPS) is 39.2. The lowest BCUT2D eigenvalue weighted by Crippen LogP contribution is -2.60. The Bertz CT molecular complexity index is 593. The number of hydrogen-bond donors (Lipinski definition) is 1. The summed E-state index contributed by atoms with van der Waals surface area (Å²) in [5.41, 5.74) is 1.95. The third-order valence-electron chi connectivity index (χ3n) is 6.54. The topological polar surface area (TPSA) is 46.9 Å². The molecule has 0 radical (unpaired) electrons. The highest BCUT2D eigenvalue weighted by atomic mass is 16.2. The highest BCUT2D eigenvalue weighted by Crippen LogP contribution is 2.55. The van der Waals surface area contributed by atoms with Gasteiger partial charge in [-0.15, -0.1) is 0 Å². The van der Waals surface area contributed by atoms with E-state index in [0.29, 0.717) is 5.92 Å². The van der Waals surface area contributed by atoms with Gasteiger partial charge in [-0.05, 0) is 75.2 Å². The molecule has 0 aliphatic heterocycles. The number of aryl methyl sites for hydroxylation is 1. The summed E-state index contributed by atoms with van der Waals surface area (Å²) < 4.78 is 1.78. The molecular weight excluding hydrogens is 274 g/mol. The molecule has 1 aromatic rings. The van der Waals surface area contributed by atoms with E-state index in [4.69, 9.17) is 0 Å². The van der Waals surface area contributed by atoms with Crippen molar-refractivity contribution in [2.75, 3.05) is 0 Å². The monoisotopic (exact) mass is 299 g/mol. The van der Waals surface area contributed by atoms with E-state index in [1.54, 1.807) is 4.68 Å². The Morgan fingerprint density at radius 3 is 2.32 bits per heavy atom. The molecule has 4 bridgehead atoms. The number of hydrogen-bond acceptors (Lipinski definition) is 2. The molecule has 5 aliphatic rings. The van der Waals surface area contributed by atoms with Crippen LogP contribution >= 0.6 is 0 Å². The number of carbonyl (C=O) groups excluding carboxylic acids is 1. The lowest BCUT2D eigenvalue weighted by molar-refractivity contribution is -0.0168. The molecule has 0 atom stereocenters. The standard InChI is InChI=1S/C18H25N3O/c1-21-16(7-15(20-21)14-2-3-14)17(22)19-18-8-11-4-12(9-18)6-13(5-11)10-18/h7,11-14H,2-6,8-10H2,1H3,(H,19,22). The summed E-state index contributed by atoms with van der Waals surface area (Å²) >= 11 is 0. The van der Waals surface area contributed by atoms with Crippen molar-refractivity contribution in [1.82, 2.24) is 15.1 Å². The zero-order valence-corrected chi connectivity index (χ0v) is 13.3. The fourth-order valence-electron chi connectivity index (χ4n) is 5.85. The molecule has 4 heteroatoms. The number of aromatic nitrogens is 2. The van der Waals surface area contributed by atoms with E-state index in [2.05, 4.69) is 10.4 Å². The SMILES string of the molecule is Cn1nc(C2CC2)cc1C(=O)NC12CC3CC(CC(C3)C1)C2. The fourth-order valence-corrected chi connectivity index (χ4v) is 5.85. The van der Waals surface area contributed by atoms with Gasteiger partial charge in [-0.3, -0.25) is 9.48 Å². The first kappa shape index (κ1) is 13.1. The van der Waals surface area contributed by atoms with E-state index in [-0.39, 0.29) is 11.4 Å². The summed E-state index contributed by atoms with van der Waals surface area (Å²) in [6, 6.07) is 2.02. The fraction of sp³-hybridized carbons (Fsp3) is 0.778. The maximum absolute atomic E-state index is 12.8. The lowest BCUT2D eigenvalue weighted by Gasteiger charge is -2.56. The van der Waals surface area contributed by atoms with Gasteiger partial charge in [0.05, 0.1) is 5.69 Å². The zero-order valence-electron chi connectivity index (χ0n) is 13.3. The number of nitrogens with one attached hydrogen (secondary N) is 1. The minimum atomic E-state index is 0.0931. The summed E-state index contributed by atoms with van der Waals surface area (Å²) in [5, 5.41) is 8.00. The van der Waals surface area contributed by atoms with Crippen LogP contribution in [0.1, 0.15) is 73.5 Å². The van der Waals surface area contributed by atoms with Gasteiger partial charge in [-0.25, -0.2) is 0 Å². The summed E-state index contributed by atoms with van der Waals surface area (Å²) in [6.45, 7) is 0. The predicted octanol–water partition coefficient (Wildman–Crippen LogP) is 3.00. The van der Waals surface area contributed by atoms with Gasteiger partial charge < -0.3 is 5.32 Å². The zero-order chi connectivity index (χ0) is 14.9. The molecule has 1 amide bonds. The van der Waals surface area contributed by atoms with Gasteiger partial charge in [-0.2, -0.15) is 5.10 Å². The van der Waals surface area contributed by atoms with Crippen LogP contribution in [0.15, 0.2) is 6.07 Å². The Morgan fingerprint density at radius 1 is 1.18 bits per heavy atom. The Kier molecular flexibility index (Phi) is 2.61. The quantitative estimate of drug-likeness (QED) is 0.932. The summed E-state index contributed by atoms with van der Waals surface area (Å²) in [7, 11) is 1.90. The molecule has 1 heterocycles. The molecule has 0 aromatic carbocycles. The number of nitrogens with zero attached hydrogens (tertiary/aromatic N) is 2. The molecule has 1 aromatic heterocycles. The molecule has 6 rings (SSSR count). The molecule has 1 N–H and O–H groups in total. The van der Waals surface area contributed by atoms with Crippen LogP contribution in [0.2, 0.25) is 0 Å². The van der Waals surface area contributed by atoms with Crippen molar-refractivity contribution in [1.29, 1.82) is 0 Å². The number of rotatable bonds is 3. The molecule has 5 aliphatic carbocycles. The second-order valence-corrected chi connectivity index (χ2v) is 8.50. The van der Waals surface area contributed by atoms with Crippen molar-refractivity contribution in [3.8, 4) is 0 Å². The third kappa shape index (κ3) is 2.03. The average molecular weight is 299 g/mol. The molecule has 5 saturated carbocycles. The smallest absolute Gasteiger partial charge is 0.269 e. The van der Waals surface area contributed by atoms with E-state index in [0.717, 1.165) is 29.1 Å². The summed E-state index contributed by atoms with van der Waals surface area (Å²) in [6.07, 6.45) is 10.3. The van der Waals surface area contributed by atoms with Crippen LogP contribution in [0.5, 0.6) is 0 Å². The van der Waals surface area contributed by atoms with E-state index < -0.39 is 0 Å². The van der Waals surface area contributed by atoms with Gasteiger partial charge in [0.1, 0.15) is 5.69 Å². The highest BCUT2D eigenvalue weighted by Gasteiger charge is 2.51.